The third kappa shape index (κ3) is 4.48. The summed E-state index contributed by atoms with van der Waals surface area (Å²) in [5.74, 6) is 0.706. The molecular weight excluding hydrogens is 481 g/mol. The van der Waals surface area contributed by atoms with Gasteiger partial charge in [0, 0.05) is 42.5 Å². The van der Waals surface area contributed by atoms with Crippen molar-refractivity contribution in [2.75, 3.05) is 34.8 Å². The van der Waals surface area contributed by atoms with Crippen molar-refractivity contribution in [3.63, 3.8) is 0 Å². The lowest BCUT2D eigenvalue weighted by molar-refractivity contribution is -0.130. The van der Waals surface area contributed by atoms with Crippen LogP contribution in [0.2, 0.25) is 0 Å². The lowest BCUT2D eigenvalue weighted by Crippen LogP contribution is -2.56. The second-order valence-corrected chi connectivity index (χ2v) is 11.7. The third-order valence-electron chi connectivity index (χ3n) is 9.29. The number of rotatable bonds is 7. The van der Waals surface area contributed by atoms with E-state index >= 15 is 0 Å². The maximum absolute atomic E-state index is 13.3. The molecular formula is C28H35F3N4O2. The fourth-order valence-corrected chi connectivity index (χ4v) is 6.92. The fourth-order valence-electron chi connectivity index (χ4n) is 6.92. The number of benzene rings is 1. The first-order chi connectivity index (χ1) is 17.6. The number of nitrogens with zero attached hydrogens (tertiary/aromatic N) is 3. The summed E-state index contributed by atoms with van der Waals surface area (Å²) in [6, 6.07) is 4.58. The van der Waals surface area contributed by atoms with Gasteiger partial charge >= 0.3 is 6.18 Å². The molecule has 3 heterocycles. The Morgan fingerprint density at radius 2 is 1.86 bits per heavy atom. The Kier molecular flexibility index (Phi) is 5.77. The minimum atomic E-state index is -4.51. The number of aromatic nitrogens is 1. The molecule has 2 unspecified atom stereocenters. The van der Waals surface area contributed by atoms with E-state index in [9.17, 15) is 18.0 Å². The topological polar surface area (TPSA) is 61.6 Å². The largest absolute Gasteiger partial charge is 0.427 e. The van der Waals surface area contributed by atoms with Crippen LogP contribution in [0.25, 0.3) is 0 Å². The number of anilines is 3. The van der Waals surface area contributed by atoms with Crippen LogP contribution >= 0.6 is 0 Å². The molecule has 1 saturated heterocycles. The molecule has 2 aliphatic heterocycles. The number of carbonyl (C=O) groups excluding carboxylic acids is 1. The van der Waals surface area contributed by atoms with E-state index < -0.39 is 24.3 Å². The van der Waals surface area contributed by atoms with Crippen molar-refractivity contribution in [3.8, 4) is 0 Å². The van der Waals surface area contributed by atoms with Gasteiger partial charge in [0.2, 0.25) is 0 Å². The number of hydrogen-bond donors (Lipinski definition) is 1. The molecule has 6 nitrogen and oxygen atoms in total. The summed E-state index contributed by atoms with van der Waals surface area (Å²) >= 11 is 0. The zero-order chi connectivity index (χ0) is 26.1. The van der Waals surface area contributed by atoms with E-state index in [0.717, 1.165) is 43.2 Å². The van der Waals surface area contributed by atoms with Gasteiger partial charge in [0.25, 0.3) is 11.9 Å². The fraction of sp³-hybridized carbons (Fsp3) is 0.643. The average molecular weight is 517 g/mol. The zero-order valence-corrected chi connectivity index (χ0v) is 21.7. The molecule has 0 spiro atoms. The first kappa shape index (κ1) is 24.6. The summed E-state index contributed by atoms with van der Waals surface area (Å²) in [6.07, 6.45) is 0.944. The van der Waals surface area contributed by atoms with Gasteiger partial charge in [0.1, 0.15) is 12.2 Å². The molecule has 37 heavy (non-hydrogen) atoms. The summed E-state index contributed by atoms with van der Waals surface area (Å²) < 4.78 is 45.5. The molecule has 1 aromatic carbocycles. The van der Waals surface area contributed by atoms with Crippen LogP contribution in [0.4, 0.5) is 30.6 Å². The van der Waals surface area contributed by atoms with Crippen molar-refractivity contribution in [2.24, 2.45) is 17.3 Å². The van der Waals surface area contributed by atoms with Crippen LogP contribution in [0, 0.1) is 24.2 Å². The van der Waals surface area contributed by atoms with Gasteiger partial charge in [0.05, 0.1) is 0 Å². The Bertz CT molecular complexity index is 1200. The van der Waals surface area contributed by atoms with Crippen LogP contribution in [0.15, 0.2) is 16.5 Å². The Morgan fingerprint density at radius 1 is 1.16 bits per heavy atom. The highest BCUT2D eigenvalue weighted by Crippen LogP contribution is 2.54. The number of fused-ring (bicyclic) bond motifs is 2. The molecule has 3 fully saturated rings. The number of hydrogen-bond acceptors (Lipinski definition) is 5. The van der Waals surface area contributed by atoms with Gasteiger partial charge < -0.3 is 19.5 Å². The maximum atomic E-state index is 13.3. The van der Waals surface area contributed by atoms with Crippen molar-refractivity contribution in [1.29, 1.82) is 0 Å². The van der Waals surface area contributed by atoms with Crippen LogP contribution in [0.5, 0.6) is 0 Å². The van der Waals surface area contributed by atoms with E-state index in [0.29, 0.717) is 24.8 Å². The molecule has 2 aromatic rings. The van der Waals surface area contributed by atoms with Crippen molar-refractivity contribution in [2.45, 2.75) is 77.9 Å². The van der Waals surface area contributed by atoms with Gasteiger partial charge in [-0.25, -0.2) is 0 Å². The van der Waals surface area contributed by atoms with E-state index in [1.165, 1.54) is 30.5 Å². The highest BCUT2D eigenvalue weighted by atomic mass is 19.4. The minimum Gasteiger partial charge on any atom is -0.427 e. The normalized spacial score (nSPS) is 25.6. The number of alkyl halides is 3. The van der Waals surface area contributed by atoms with Gasteiger partial charge in [-0.2, -0.15) is 18.2 Å². The monoisotopic (exact) mass is 516 g/mol. The highest BCUT2D eigenvalue weighted by molar-refractivity contribution is 6.04. The van der Waals surface area contributed by atoms with E-state index in [1.54, 1.807) is 0 Å². The van der Waals surface area contributed by atoms with Crippen molar-refractivity contribution < 1.29 is 22.4 Å². The Hall–Kier alpha value is -2.71. The average Bonchev–Trinajstić information content (AvgIpc) is 3.16. The number of aryl methyl sites for hydroxylation is 1. The number of oxazole rings is 1. The molecule has 2 saturated carbocycles. The highest BCUT2D eigenvalue weighted by Gasteiger charge is 2.48. The summed E-state index contributed by atoms with van der Waals surface area (Å²) in [4.78, 5) is 21.8. The van der Waals surface area contributed by atoms with E-state index in [2.05, 4.69) is 29.0 Å². The van der Waals surface area contributed by atoms with Crippen molar-refractivity contribution >= 4 is 23.3 Å². The van der Waals surface area contributed by atoms with Gasteiger partial charge in [-0.3, -0.25) is 4.79 Å². The first-order valence-electron chi connectivity index (χ1n) is 13.6. The maximum Gasteiger partial charge on any atom is 0.396 e. The first-order valence-corrected chi connectivity index (χ1v) is 13.6. The van der Waals surface area contributed by atoms with Crippen LogP contribution in [-0.2, 0) is 12.8 Å². The molecule has 1 aromatic heterocycles. The SMILES string of the molecule is CCC1(CC)CN(c2nc(C(=O)Nc3cc(C)c4c(c3)CCN4C3CC4CC4C3)c(CC(F)(F)F)o2)C1. The summed E-state index contributed by atoms with van der Waals surface area (Å²) in [6.45, 7) is 8.57. The van der Waals surface area contributed by atoms with E-state index in [-0.39, 0.29) is 17.1 Å². The molecule has 1 N–H and O–H groups in total. The molecule has 0 radical (unpaired) electrons. The van der Waals surface area contributed by atoms with Gasteiger partial charge in [-0.15, -0.1) is 0 Å². The van der Waals surface area contributed by atoms with Gasteiger partial charge in [-0.1, -0.05) is 13.8 Å². The second-order valence-electron chi connectivity index (χ2n) is 11.7. The number of nitrogens with one attached hydrogen (secondary N) is 1. The van der Waals surface area contributed by atoms with E-state index in [4.69, 9.17) is 4.42 Å². The molecule has 6 rings (SSSR count). The molecule has 4 aliphatic rings. The molecule has 2 aliphatic carbocycles. The molecule has 9 heteroatoms. The standard InChI is InChI=1S/C28H35F3N4O2/c1-4-27(5-2)14-34(15-27)26-33-23(22(37-26)13-28(29,30)31)25(36)32-20-8-16(3)24-17(10-20)6-7-35(24)21-11-18-9-19(18)12-21/h8,10,18-19,21H,4-7,9,11-15H2,1-3H3,(H,32,36). The van der Waals surface area contributed by atoms with Crippen LogP contribution in [0.3, 0.4) is 0 Å². The van der Waals surface area contributed by atoms with Crippen LogP contribution in [0.1, 0.15) is 73.3 Å². The van der Waals surface area contributed by atoms with Crippen molar-refractivity contribution in [1.82, 2.24) is 4.98 Å². The van der Waals surface area contributed by atoms with Crippen molar-refractivity contribution in [3.05, 3.63) is 34.7 Å². The Labute approximate surface area is 215 Å². The smallest absolute Gasteiger partial charge is 0.396 e. The molecule has 200 valence electrons. The third-order valence-corrected chi connectivity index (χ3v) is 9.29. The van der Waals surface area contributed by atoms with Gasteiger partial charge in [0.15, 0.2) is 5.69 Å². The predicted molar refractivity (Wildman–Crippen MR) is 136 cm³/mol. The summed E-state index contributed by atoms with van der Waals surface area (Å²) in [7, 11) is 0. The van der Waals surface area contributed by atoms with E-state index in [1.807, 2.05) is 24.0 Å². The molecule has 1 amide bonds. The Balaban J connectivity index is 1.21. The summed E-state index contributed by atoms with van der Waals surface area (Å²) in [5.41, 5.74) is 3.94. The lowest BCUT2D eigenvalue weighted by atomic mass is 9.75. The van der Waals surface area contributed by atoms with Gasteiger partial charge in [-0.05, 0) is 80.5 Å². The lowest BCUT2D eigenvalue weighted by Gasteiger charge is -2.49. The predicted octanol–water partition coefficient (Wildman–Crippen LogP) is 6.13. The Morgan fingerprint density at radius 3 is 2.51 bits per heavy atom. The quantitative estimate of drug-likeness (QED) is 0.480. The zero-order valence-electron chi connectivity index (χ0n) is 21.7. The molecule has 0 bridgehead atoms. The number of amides is 1. The summed E-state index contributed by atoms with van der Waals surface area (Å²) in [5, 5.41) is 2.81. The number of carbonyl (C=O) groups is 1. The van der Waals surface area contributed by atoms with Crippen LogP contribution < -0.4 is 15.1 Å². The minimum absolute atomic E-state index is 0.0947. The second kappa shape index (κ2) is 8.67. The van der Waals surface area contributed by atoms with Crippen LogP contribution in [-0.4, -0.2) is 42.7 Å². The molecule has 2 atom stereocenters. The number of halogens is 3.